The van der Waals surface area contributed by atoms with Gasteiger partial charge in [-0.05, 0) is 66.8 Å². The average molecular weight is 430 g/mol. The van der Waals surface area contributed by atoms with E-state index in [2.05, 4.69) is 46.2 Å². The lowest BCUT2D eigenvalue weighted by Gasteiger charge is -2.38. The number of rotatable bonds is 8. The molecule has 1 aliphatic rings. The van der Waals surface area contributed by atoms with Crippen LogP contribution < -0.4 is 4.90 Å². The van der Waals surface area contributed by atoms with Crippen LogP contribution in [0.5, 0.6) is 0 Å². The Hall–Kier alpha value is -3.54. The van der Waals surface area contributed by atoms with E-state index in [0.717, 1.165) is 22.5 Å². The van der Waals surface area contributed by atoms with Gasteiger partial charge in [0, 0.05) is 36.6 Å². The number of benzene rings is 2. The highest BCUT2D eigenvalue weighted by atomic mass is 16.4. The molecule has 1 fully saturated rings. The van der Waals surface area contributed by atoms with Gasteiger partial charge >= 0.3 is 5.97 Å². The number of hydrogen-bond acceptors (Lipinski definition) is 5. The number of pyridine rings is 1. The van der Waals surface area contributed by atoms with Crippen LogP contribution in [0, 0.1) is 24.7 Å². The van der Waals surface area contributed by atoms with Crippen molar-refractivity contribution >= 4 is 11.7 Å². The molecule has 2 aromatic carbocycles. The molecule has 0 amide bonds. The molecule has 32 heavy (non-hydrogen) atoms. The minimum atomic E-state index is -0.740. The van der Waals surface area contributed by atoms with Crippen molar-refractivity contribution in [1.82, 2.24) is 4.98 Å². The predicted octanol–water partition coefficient (Wildman–Crippen LogP) is 5.25. The Bertz CT molecular complexity index is 1110. The molecule has 1 aliphatic heterocycles. The Morgan fingerprint density at radius 3 is 2.44 bits per heavy atom. The maximum Gasteiger partial charge on any atom is 0.310 e. The lowest BCUT2D eigenvalue weighted by Crippen LogP contribution is -2.50. The molecule has 164 valence electrons. The molecule has 4 rings (SSSR count). The second-order valence-corrected chi connectivity index (χ2v) is 8.53. The third-order valence-corrected chi connectivity index (χ3v) is 6.35. The van der Waals surface area contributed by atoms with Crippen LogP contribution in [0.1, 0.15) is 46.3 Å². The van der Waals surface area contributed by atoms with Crippen molar-refractivity contribution in [2.24, 2.45) is 11.1 Å². The van der Waals surface area contributed by atoms with E-state index < -0.39 is 12.0 Å². The van der Waals surface area contributed by atoms with E-state index in [1.165, 1.54) is 11.1 Å². The zero-order valence-corrected chi connectivity index (χ0v) is 18.3. The summed E-state index contributed by atoms with van der Waals surface area (Å²) < 4.78 is 0. The van der Waals surface area contributed by atoms with E-state index >= 15 is 0 Å². The van der Waals surface area contributed by atoms with Crippen molar-refractivity contribution in [3.63, 3.8) is 0 Å². The molecule has 3 aromatic rings. The molecular formula is C26H27N3O3. The van der Waals surface area contributed by atoms with E-state index in [9.17, 15) is 9.70 Å². The van der Waals surface area contributed by atoms with Crippen LogP contribution in [0.25, 0.3) is 0 Å². The Morgan fingerprint density at radius 2 is 1.81 bits per heavy atom. The lowest BCUT2D eigenvalue weighted by molar-refractivity contribution is -0.142. The number of nitrogens with zero attached hydrogens (tertiary/aromatic N) is 3. The van der Waals surface area contributed by atoms with Crippen LogP contribution in [0.2, 0.25) is 0 Å². The first-order valence-electron chi connectivity index (χ1n) is 10.8. The number of carboxylic acid groups (broad SMARTS) is 1. The maximum absolute atomic E-state index is 11.9. The van der Waals surface area contributed by atoms with E-state index in [-0.39, 0.29) is 11.8 Å². The highest BCUT2D eigenvalue weighted by Crippen LogP contribution is 2.38. The zero-order valence-electron chi connectivity index (χ0n) is 18.3. The van der Waals surface area contributed by atoms with Gasteiger partial charge in [0.2, 0.25) is 0 Å². The quantitative estimate of drug-likeness (QED) is 0.495. The van der Waals surface area contributed by atoms with Gasteiger partial charge in [-0.1, -0.05) is 41.6 Å². The monoisotopic (exact) mass is 429 g/mol. The summed E-state index contributed by atoms with van der Waals surface area (Å²) in [5.41, 5.74) is 6.21. The van der Waals surface area contributed by atoms with Crippen LogP contribution in [0.15, 0.2) is 72.0 Å². The summed E-state index contributed by atoms with van der Waals surface area (Å²) in [4.78, 5) is 29.3. The molecule has 0 radical (unpaired) electrons. The topological polar surface area (TPSA) is 82.9 Å². The van der Waals surface area contributed by atoms with Gasteiger partial charge < -0.3 is 10.0 Å². The second-order valence-electron chi connectivity index (χ2n) is 8.53. The molecule has 6 nitrogen and oxygen atoms in total. The molecular weight excluding hydrogens is 402 g/mol. The normalized spacial score (nSPS) is 15.6. The van der Waals surface area contributed by atoms with Crippen LogP contribution in [-0.4, -0.2) is 29.1 Å². The van der Waals surface area contributed by atoms with Gasteiger partial charge in [-0.2, -0.15) is 4.91 Å². The standard InChI is InChI=1S/C26H27N3O3/c1-17-5-3-4-6-23(17)24(14-25(28-32)20-11-12-27-18(2)13-20)19-7-9-22(10-8-19)29-15-21(16-29)26(30)31/h3-13,21,24-25H,14-16H2,1-2H3,(H,30,31). The predicted molar refractivity (Wildman–Crippen MR) is 125 cm³/mol. The summed E-state index contributed by atoms with van der Waals surface area (Å²) >= 11 is 0. The van der Waals surface area contributed by atoms with Crippen molar-refractivity contribution < 1.29 is 9.90 Å². The molecule has 0 spiro atoms. The fourth-order valence-electron chi connectivity index (χ4n) is 4.42. The van der Waals surface area contributed by atoms with Crippen molar-refractivity contribution in [3.05, 3.63) is 99.7 Å². The number of anilines is 1. The summed E-state index contributed by atoms with van der Waals surface area (Å²) in [5.74, 6) is -1.03. The largest absolute Gasteiger partial charge is 0.481 e. The molecule has 2 atom stereocenters. The molecule has 0 aliphatic carbocycles. The second kappa shape index (κ2) is 9.30. The van der Waals surface area contributed by atoms with Crippen LogP contribution in [0.4, 0.5) is 5.69 Å². The first kappa shape index (κ1) is 21.7. The third kappa shape index (κ3) is 4.54. The lowest BCUT2D eigenvalue weighted by atomic mass is 9.82. The molecule has 2 heterocycles. The summed E-state index contributed by atoms with van der Waals surface area (Å²) in [6.45, 7) is 5.07. The number of carboxylic acids is 1. The molecule has 0 bridgehead atoms. The summed E-state index contributed by atoms with van der Waals surface area (Å²) in [5, 5.41) is 12.6. The number of aliphatic carboxylic acids is 1. The van der Waals surface area contributed by atoms with E-state index in [1.807, 2.05) is 43.3 Å². The molecule has 1 saturated heterocycles. The van der Waals surface area contributed by atoms with Gasteiger partial charge in [0.15, 0.2) is 0 Å². The van der Waals surface area contributed by atoms with Gasteiger partial charge in [0.1, 0.15) is 6.04 Å². The van der Waals surface area contributed by atoms with Crippen LogP contribution >= 0.6 is 0 Å². The van der Waals surface area contributed by atoms with Crippen LogP contribution in [0.3, 0.4) is 0 Å². The van der Waals surface area contributed by atoms with E-state index in [4.69, 9.17) is 5.11 Å². The van der Waals surface area contributed by atoms with Gasteiger partial charge in [-0.25, -0.2) is 0 Å². The molecule has 6 heteroatoms. The summed E-state index contributed by atoms with van der Waals surface area (Å²) in [7, 11) is 0. The number of aromatic nitrogens is 1. The maximum atomic E-state index is 11.9. The Morgan fingerprint density at radius 1 is 1.09 bits per heavy atom. The minimum Gasteiger partial charge on any atom is -0.481 e. The van der Waals surface area contributed by atoms with Crippen molar-refractivity contribution in [2.45, 2.75) is 32.2 Å². The fourth-order valence-corrected chi connectivity index (χ4v) is 4.42. The molecule has 0 saturated carbocycles. The van der Waals surface area contributed by atoms with Gasteiger partial charge in [-0.15, -0.1) is 0 Å². The Labute approximate surface area is 187 Å². The first-order chi connectivity index (χ1) is 15.5. The molecule has 1 N–H and O–H groups in total. The molecule has 1 aromatic heterocycles. The fraction of sp³-hybridized carbons (Fsp3) is 0.308. The summed E-state index contributed by atoms with van der Waals surface area (Å²) in [6, 6.07) is 19.8. The average Bonchev–Trinajstić information content (AvgIpc) is 2.75. The Balaban J connectivity index is 1.62. The first-order valence-corrected chi connectivity index (χ1v) is 10.8. The van der Waals surface area contributed by atoms with Crippen molar-refractivity contribution in [2.75, 3.05) is 18.0 Å². The molecule has 2 unspecified atom stereocenters. The van der Waals surface area contributed by atoms with Crippen LogP contribution in [-0.2, 0) is 4.79 Å². The number of nitroso groups, excluding NO2 is 1. The highest BCUT2D eigenvalue weighted by molar-refractivity contribution is 5.74. The zero-order chi connectivity index (χ0) is 22.7. The number of carbonyl (C=O) groups is 1. The van der Waals surface area contributed by atoms with Gasteiger partial charge in [0.05, 0.1) is 5.92 Å². The van der Waals surface area contributed by atoms with Crippen molar-refractivity contribution in [3.8, 4) is 0 Å². The van der Waals surface area contributed by atoms with Gasteiger partial charge in [-0.3, -0.25) is 9.78 Å². The van der Waals surface area contributed by atoms with E-state index in [0.29, 0.717) is 19.5 Å². The van der Waals surface area contributed by atoms with Gasteiger partial charge in [0.25, 0.3) is 0 Å². The highest BCUT2D eigenvalue weighted by Gasteiger charge is 2.32. The third-order valence-electron chi connectivity index (χ3n) is 6.35. The van der Waals surface area contributed by atoms with E-state index in [1.54, 1.807) is 6.20 Å². The summed E-state index contributed by atoms with van der Waals surface area (Å²) in [6.07, 6.45) is 2.28. The minimum absolute atomic E-state index is 0.00424. The SMILES string of the molecule is Cc1cc(C(CC(c2ccc(N3CC(C(=O)O)C3)cc2)c2ccccc2C)N=O)ccn1. The number of hydrogen-bond donors (Lipinski definition) is 1. The van der Waals surface area contributed by atoms with Crippen molar-refractivity contribution in [1.29, 1.82) is 0 Å². The number of aryl methyl sites for hydroxylation is 2. The Kier molecular flexibility index (Phi) is 6.30. The smallest absolute Gasteiger partial charge is 0.310 e.